The number of nitrogens with one attached hydrogen (secondary N) is 2. The van der Waals surface area contributed by atoms with Crippen LogP contribution in [0.3, 0.4) is 0 Å². The first-order valence-corrected chi connectivity index (χ1v) is 8.65. The molecule has 0 amide bonds. The van der Waals surface area contributed by atoms with Crippen LogP contribution in [0.1, 0.15) is 36.3 Å². The number of aromatic nitrogens is 1. The molecule has 2 rings (SSSR count). The SMILES string of the molecule is CCNC(=NCc1nc(C)c(C)o1)NCCCc1ccc(Cl)cc1. The van der Waals surface area contributed by atoms with Gasteiger partial charge in [0.15, 0.2) is 5.96 Å². The van der Waals surface area contributed by atoms with Gasteiger partial charge in [-0.2, -0.15) is 0 Å². The molecule has 1 aromatic heterocycles. The summed E-state index contributed by atoms with van der Waals surface area (Å²) in [5.41, 5.74) is 2.20. The lowest BCUT2D eigenvalue weighted by molar-refractivity contribution is 0.473. The van der Waals surface area contributed by atoms with E-state index in [2.05, 4.69) is 32.7 Å². The zero-order chi connectivity index (χ0) is 17.4. The van der Waals surface area contributed by atoms with Crippen molar-refractivity contribution in [3.63, 3.8) is 0 Å². The molecule has 24 heavy (non-hydrogen) atoms. The Kier molecular flexibility index (Phi) is 7.12. The fraction of sp³-hybridized carbons (Fsp3) is 0.444. The van der Waals surface area contributed by atoms with E-state index in [4.69, 9.17) is 16.0 Å². The molecule has 2 N–H and O–H groups in total. The van der Waals surface area contributed by atoms with Crippen LogP contribution in [0.4, 0.5) is 0 Å². The summed E-state index contributed by atoms with van der Waals surface area (Å²) in [5, 5.41) is 7.34. The maximum Gasteiger partial charge on any atom is 0.216 e. The zero-order valence-corrected chi connectivity index (χ0v) is 15.3. The smallest absolute Gasteiger partial charge is 0.216 e. The average Bonchev–Trinajstić information content (AvgIpc) is 2.89. The lowest BCUT2D eigenvalue weighted by atomic mass is 10.1. The van der Waals surface area contributed by atoms with Gasteiger partial charge in [-0.25, -0.2) is 9.98 Å². The van der Waals surface area contributed by atoms with E-state index in [9.17, 15) is 0 Å². The minimum Gasteiger partial charge on any atom is -0.444 e. The van der Waals surface area contributed by atoms with Gasteiger partial charge >= 0.3 is 0 Å². The second-order valence-corrected chi connectivity index (χ2v) is 6.04. The molecular formula is C18H25ClN4O. The lowest BCUT2D eigenvalue weighted by Gasteiger charge is -2.10. The molecule has 0 fully saturated rings. The van der Waals surface area contributed by atoms with Crippen LogP contribution in [-0.4, -0.2) is 24.0 Å². The van der Waals surface area contributed by atoms with E-state index in [1.807, 2.05) is 32.9 Å². The molecule has 130 valence electrons. The number of oxazole rings is 1. The molecule has 0 saturated carbocycles. The molecule has 5 nitrogen and oxygen atoms in total. The van der Waals surface area contributed by atoms with Crippen LogP contribution in [0.15, 0.2) is 33.7 Å². The van der Waals surface area contributed by atoms with E-state index in [-0.39, 0.29) is 0 Å². The van der Waals surface area contributed by atoms with Crippen molar-refractivity contribution in [1.29, 1.82) is 0 Å². The number of hydrogen-bond acceptors (Lipinski definition) is 3. The maximum absolute atomic E-state index is 5.90. The van der Waals surface area contributed by atoms with Gasteiger partial charge in [-0.15, -0.1) is 0 Å². The molecule has 0 atom stereocenters. The molecule has 0 aliphatic rings. The molecule has 0 aliphatic heterocycles. The van der Waals surface area contributed by atoms with Crippen molar-refractivity contribution in [3.05, 3.63) is 52.2 Å². The summed E-state index contributed by atoms with van der Waals surface area (Å²) in [7, 11) is 0. The van der Waals surface area contributed by atoms with Gasteiger partial charge in [-0.3, -0.25) is 0 Å². The van der Waals surface area contributed by atoms with E-state index in [1.54, 1.807) is 0 Å². The van der Waals surface area contributed by atoms with Gasteiger partial charge in [0.05, 0.1) is 5.69 Å². The number of nitrogens with zero attached hydrogens (tertiary/aromatic N) is 2. The first-order valence-electron chi connectivity index (χ1n) is 8.28. The highest BCUT2D eigenvalue weighted by atomic mass is 35.5. The average molecular weight is 349 g/mol. The van der Waals surface area contributed by atoms with Crippen molar-refractivity contribution >= 4 is 17.6 Å². The van der Waals surface area contributed by atoms with Crippen molar-refractivity contribution in [2.24, 2.45) is 4.99 Å². The fourth-order valence-electron chi connectivity index (χ4n) is 2.25. The minimum absolute atomic E-state index is 0.432. The van der Waals surface area contributed by atoms with Crippen LogP contribution in [0.2, 0.25) is 5.02 Å². The van der Waals surface area contributed by atoms with E-state index < -0.39 is 0 Å². The normalized spacial score (nSPS) is 11.6. The zero-order valence-electron chi connectivity index (χ0n) is 14.5. The van der Waals surface area contributed by atoms with E-state index >= 15 is 0 Å². The second kappa shape index (κ2) is 9.33. The Labute approximate surface area is 148 Å². The Bertz CT molecular complexity index is 645. The van der Waals surface area contributed by atoms with Crippen molar-refractivity contribution in [2.75, 3.05) is 13.1 Å². The molecule has 1 heterocycles. The number of hydrogen-bond donors (Lipinski definition) is 2. The molecular weight excluding hydrogens is 324 g/mol. The lowest BCUT2D eigenvalue weighted by Crippen LogP contribution is -2.37. The Morgan fingerprint density at radius 3 is 2.58 bits per heavy atom. The fourth-order valence-corrected chi connectivity index (χ4v) is 2.37. The summed E-state index contributed by atoms with van der Waals surface area (Å²) in [5.74, 6) is 2.27. The quantitative estimate of drug-likeness (QED) is 0.455. The van der Waals surface area contributed by atoms with E-state index in [0.29, 0.717) is 12.4 Å². The highest BCUT2D eigenvalue weighted by Crippen LogP contribution is 2.11. The summed E-state index contributed by atoms with van der Waals surface area (Å²) in [4.78, 5) is 8.86. The van der Waals surface area contributed by atoms with Crippen molar-refractivity contribution in [3.8, 4) is 0 Å². The molecule has 2 aromatic rings. The Morgan fingerprint density at radius 1 is 1.21 bits per heavy atom. The summed E-state index contributed by atoms with van der Waals surface area (Å²) >= 11 is 5.90. The molecule has 0 aliphatic carbocycles. The predicted octanol–water partition coefficient (Wildman–Crippen LogP) is 3.63. The maximum atomic E-state index is 5.90. The summed E-state index contributed by atoms with van der Waals surface area (Å²) < 4.78 is 5.55. The predicted molar refractivity (Wildman–Crippen MR) is 98.6 cm³/mol. The van der Waals surface area contributed by atoms with Gasteiger partial charge in [-0.1, -0.05) is 23.7 Å². The van der Waals surface area contributed by atoms with Crippen LogP contribution >= 0.6 is 11.6 Å². The molecule has 0 radical (unpaired) electrons. The Hall–Kier alpha value is -2.01. The molecule has 0 saturated heterocycles. The summed E-state index contributed by atoms with van der Waals surface area (Å²) in [6.07, 6.45) is 2.02. The largest absolute Gasteiger partial charge is 0.444 e. The first kappa shape index (κ1) is 18.3. The minimum atomic E-state index is 0.432. The van der Waals surface area contributed by atoms with Crippen molar-refractivity contribution in [1.82, 2.24) is 15.6 Å². The molecule has 0 spiro atoms. The number of halogens is 1. The van der Waals surface area contributed by atoms with Crippen LogP contribution in [0, 0.1) is 13.8 Å². The van der Waals surface area contributed by atoms with E-state index in [0.717, 1.165) is 48.4 Å². The van der Waals surface area contributed by atoms with Gasteiger partial charge in [-0.05, 0) is 51.3 Å². The van der Waals surface area contributed by atoms with Crippen molar-refractivity contribution < 1.29 is 4.42 Å². The monoisotopic (exact) mass is 348 g/mol. The van der Waals surface area contributed by atoms with Gasteiger partial charge in [0.25, 0.3) is 0 Å². The second-order valence-electron chi connectivity index (χ2n) is 5.60. The van der Waals surface area contributed by atoms with Gasteiger partial charge in [0.1, 0.15) is 12.3 Å². The van der Waals surface area contributed by atoms with Crippen LogP contribution in [-0.2, 0) is 13.0 Å². The van der Waals surface area contributed by atoms with Crippen LogP contribution < -0.4 is 10.6 Å². The third kappa shape index (κ3) is 5.89. The molecule has 0 bridgehead atoms. The molecule has 1 aromatic carbocycles. The Balaban J connectivity index is 1.79. The summed E-state index contributed by atoms with van der Waals surface area (Å²) in [6.45, 7) is 7.98. The van der Waals surface area contributed by atoms with Gasteiger partial charge in [0.2, 0.25) is 5.89 Å². The third-order valence-electron chi connectivity index (χ3n) is 3.64. The summed E-state index contributed by atoms with van der Waals surface area (Å²) in [6, 6.07) is 7.98. The topological polar surface area (TPSA) is 62.5 Å². The standard InChI is InChI=1S/C18H25ClN4O/c1-4-20-18(22-12-17-23-13(2)14(3)24-17)21-11-5-6-15-7-9-16(19)10-8-15/h7-10H,4-6,11-12H2,1-3H3,(H2,20,21,22). The highest BCUT2D eigenvalue weighted by Gasteiger charge is 2.05. The van der Waals surface area contributed by atoms with E-state index in [1.165, 1.54) is 5.56 Å². The number of rotatable bonds is 7. The Morgan fingerprint density at radius 2 is 1.96 bits per heavy atom. The van der Waals surface area contributed by atoms with Crippen molar-refractivity contribution in [2.45, 2.75) is 40.2 Å². The van der Waals surface area contributed by atoms with Crippen LogP contribution in [0.25, 0.3) is 0 Å². The van der Waals surface area contributed by atoms with Crippen LogP contribution in [0.5, 0.6) is 0 Å². The first-order chi connectivity index (χ1) is 11.6. The number of aryl methyl sites for hydroxylation is 3. The van der Waals surface area contributed by atoms with Gasteiger partial charge < -0.3 is 15.1 Å². The number of benzene rings is 1. The van der Waals surface area contributed by atoms with Gasteiger partial charge in [0, 0.05) is 18.1 Å². The third-order valence-corrected chi connectivity index (χ3v) is 3.89. The number of aliphatic imine (C=N–C) groups is 1. The highest BCUT2D eigenvalue weighted by molar-refractivity contribution is 6.30. The number of guanidine groups is 1. The molecule has 6 heteroatoms. The molecule has 0 unspecified atom stereocenters.